The van der Waals surface area contributed by atoms with E-state index in [2.05, 4.69) is 74.1 Å². The number of aliphatic imine (C=N–C) groups is 1. The van der Waals surface area contributed by atoms with Gasteiger partial charge in [-0.2, -0.15) is 0 Å². The number of hydrogen-bond acceptors (Lipinski definition) is 7. The minimum Gasteiger partial charge on any atom is -0.493 e. The van der Waals surface area contributed by atoms with E-state index in [0.29, 0.717) is 12.1 Å². The average molecular weight is 878 g/mol. The number of rotatable bonds is 15. The molecule has 5 rings (SSSR count). The molecule has 2 amide bonds. The third-order valence-corrected chi connectivity index (χ3v) is 12.5. The maximum absolute atomic E-state index is 13.8. The van der Waals surface area contributed by atoms with Crippen LogP contribution in [0.4, 0.5) is 21.9 Å². The highest BCUT2D eigenvalue weighted by molar-refractivity contribution is 7.89. The number of nitrogens with zero attached hydrogens (tertiary/aromatic N) is 2. The summed E-state index contributed by atoms with van der Waals surface area (Å²) in [6.07, 6.45) is -0.320. The summed E-state index contributed by atoms with van der Waals surface area (Å²) in [6, 6.07) is 21.5. The molecule has 0 bridgehead atoms. The number of carbonyl (C=O) groups excluding carboxylic acids is 2. The van der Waals surface area contributed by atoms with E-state index in [4.69, 9.17) is 55.9 Å². The summed E-state index contributed by atoms with van der Waals surface area (Å²) in [5, 5.41) is 3.83. The van der Waals surface area contributed by atoms with Gasteiger partial charge >= 0.3 is 6.09 Å². The van der Waals surface area contributed by atoms with E-state index in [1.54, 1.807) is 30.3 Å². The van der Waals surface area contributed by atoms with Gasteiger partial charge in [0.1, 0.15) is 11.4 Å². The van der Waals surface area contributed by atoms with Crippen LogP contribution < -0.4 is 25.2 Å². The Morgan fingerprint density at radius 3 is 2.19 bits per heavy atom. The van der Waals surface area contributed by atoms with Crippen LogP contribution in [0.25, 0.3) is 0 Å². The third kappa shape index (κ3) is 10.5. The molecule has 0 aromatic heterocycles. The number of nitrogens with one attached hydrogen (secondary N) is 3. The fraction of sp³-hybridized carbons (Fsp3) is 0.341. The zero-order valence-electron chi connectivity index (χ0n) is 32.4. The number of benzene rings is 4. The van der Waals surface area contributed by atoms with E-state index in [0.717, 1.165) is 29.2 Å². The number of carbonyl (C=O) groups is 2. The third-order valence-electron chi connectivity index (χ3n) is 9.97. The van der Waals surface area contributed by atoms with E-state index < -0.39 is 28.1 Å². The highest BCUT2D eigenvalue weighted by atomic mass is 35.5. The topological polar surface area (TPSA) is 138 Å². The molecule has 11 nitrogen and oxygen atoms in total. The molecule has 1 heterocycles. The number of ether oxygens (including phenoxy) is 2. The molecule has 0 radical (unpaired) electrons. The predicted octanol–water partition coefficient (Wildman–Crippen LogP) is 10.6. The molecule has 1 aliphatic rings. The summed E-state index contributed by atoms with van der Waals surface area (Å²) in [6.45, 7) is 13.5. The van der Waals surface area contributed by atoms with E-state index in [1.807, 2.05) is 6.07 Å². The van der Waals surface area contributed by atoms with Crippen molar-refractivity contribution < 1.29 is 27.5 Å². The van der Waals surface area contributed by atoms with E-state index >= 15 is 0 Å². The maximum Gasteiger partial charge on any atom is 0.412 e. The standard InChI is InChI=1S/C41H45Cl4N5O6S/c1-7-40(3,4)25-15-18-34(29(21-25)41(5,6)8-2)55-20-12-19-46-57(53,54)28-16-17-30(43)33(24-28)48-37-36(56-39(52)47-27-13-10-9-11-14-27)38(51)50(49-37)35-31(44)22-26(42)23-32(35)45/h9-11,13-18,21-24,36,46H,7-8,12,19-20H2,1-6H3,(H,47,52)(H,48,49). The zero-order valence-corrected chi connectivity index (χ0v) is 36.2. The van der Waals surface area contributed by atoms with Crippen molar-refractivity contribution >= 4 is 91.3 Å². The van der Waals surface area contributed by atoms with Crippen molar-refractivity contribution in [1.29, 1.82) is 0 Å². The van der Waals surface area contributed by atoms with Gasteiger partial charge in [0.2, 0.25) is 16.1 Å². The van der Waals surface area contributed by atoms with Crippen LogP contribution in [-0.4, -0.2) is 45.5 Å². The number of hydrazine groups is 1. The second-order valence-corrected chi connectivity index (χ2v) is 18.1. The predicted molar refractivity (Wildman–Crippen MR) is 229 cm³/mol. The maximum atomic E-state index is 13.8. The van der Waals surface area contributed by atoms with Crippen molar-refractivity contribution in [2.24, 2.45) is 4.99 Å². The Hall–Kier alpha value is -4.04. The van der Waals surface area contributed by atoms with E-state index in [9.17, 15) is 18.0 Å². The monoisotopic (exact) mass is 875 g/mol. The van der Waals surface area contributed by atoms with Gasteiger partial charge in [-0.1, -0.05) is 118 Å². The van der Waals surface area contributed by atoms with Crippen LogP contribution in [0, 0.1) is 0 Å². The zero-order chi connectivity index (χ0) is 41.7. The lowest BCUT2D eigenvalue weighted by Gasteiger charge is -2.30. The summed E-state index contributed by atoms with van der Waals surface area (Å²) >= 11 is 25.5. The Morgan fingerprint density at radius 2 is 1.54 bits per heavy atom. The van der Waals surface area contributed by atoms with Crippen LogP contribution >= 0.6 is 46.4 Å². The molecule has 4 aromatic carbocycles. The number of amides is 2. The molecule has 57 heavy (non-hydrogen) atoms. The first-order chi connectivity index (χ1) is 26.9. The summed E-state index contributed by atoms with van der Waals surface area (Å²) in [5.74, 6) is -0.235. The minimum absolute atomic E-state index is 0.0167. The molecule has 1 fully saturated rings. The molecule has 1 aliphatic heterocycles. The summed E-state index contributed by atoms with van der Waals surface area (Å²) in [5.41, 5.74) is 5.43. The second kappa shape index (κ2) is 18.3. The van der Waals surface area contributed by atoms with Gasteiger partial charge in [0.05, 0.1) is 32.3 Å². The van der Waals surface area contributed by atoms with Crippen molar-refractivity contribution in [2.75, 3.05) is 23.5 Å². The van der Waals surface area contributed by atoms with Crippen molar-refractivity contribution in [3.63, 3.8) is 0 Å². The first-order valence-electron chi connectivity index (χ1n) is 18.3. The Morgan fingerprint density at radius 1 is 0.877 bits per heavy atom. The Kier molecular flexibility index (Phi) is 14.1. The molecule has 4 aromatic rings. The molecular formula is C41H45Cl4N5O6S. The van der Waals surface area contributed by atoms with E-state index in [1.165, 1.54) is 35.9 Å². The molecule has 1 saturated heterocycles. The summed E-state index contributed by atoms with van der Waals surface area (Å²) < 4.78 is 41.3. The van der Waals surface area contributed by atoms with E-state index in [-0.39, 0.29) is 66.2 Å². The van der Waals surface area contributed by atoms with Crippen LogP contribution in [0.2, 0.25) is 20.1 Å². The summed E-state index contributed by atoms with van der Waals surface area (Å²) in [4.78, 5) is 31.1. The number of para-hydroxylation sites is 1. The van der Waals surface area contributed by atoms with Crippen LogP contribution in [0.15, 0.2) is 88.8 Å². The highest BCUT2D eigenvalue weighted by Crippen LogP contribution is 2.40. The van der Waals surface area contributed by atoms with Crippen LogP contribution in [0.1, 0.15) is 71.9 Å². The molecule has 1 unspecified atom stereocenters. The second-order valence-electron chi connectivity index (χ2n) is 14.7. The molecular weight excluding hydrogens is 832 g/mol. The first kappa shape index (κ1) is 44.1. The fourth-order valence-electron chi connectivity index (χ4n) is 5.76. The molecule has 16 heteroatoms. The number of amidine groups is 1. The Balaban J connectivity index is 1.34. The van der Waals surface area contributed by atoms with Gasteiger partial charge in [-0.15, -0.1) is 0 Å². The molecule has 0 saturated carbocycles. The molecule has 3 N–H and O–H groups in total. The van der Waals surface area contributed by atoms with Crippen molar-refractivity contribution in [3.8, 4) is 5.75 Å². The van der Waals surface area contributed by atoms with Crippen LogP contribution in [-0.2, 0) is 30.4 Å². The van der Waals surface area contributed by atoms with Gasteiger partial charge in [0.15, 0.2) is 5.84 Å². The first-order valence-corrected chi connectivity index (χ1v) is 21.3. The van der Waals surface area contributed by atoms with Gasteiger partial charge in [-0.25, -0.2) is 27.9 Å². The minimum atomic E-state index is -4.06. The molecule has 304 valence electrons. The Bertz CT molecular complexity index is 2250. The highest BCUT2D eigenvalue weighted by Gasteiger charge is 2.43. The SMILES string of the molecule is CCC(C)(C)c1ccc(OCCCNS(=O)(=O)c2ccc(Cl)c(N=C3NN(c4c(Cl)cc(Cl)cc4Cl)C(=O)C3OC(=O)Nc3ccccc3)c2)c(C(C)(C)CC)c1. The van der Waals surface area contributed by atoms with Crippen LogP contribution in [0.3, 0.4) is 0 Å². The number of sulfonamides is 1. The van der Waals surface area contributed by atoms with Gasteiger partial charge < -0.3 is 9.47 Å². The summed E-state index contributed by atoms with van der Waals surface area (Å²) in [7, 11) is -4.06. The van der Waals surface area contributed by atoms with Crippen molar-refractivity contribution in [2.45, 2.75) is 82.6 Å². The lowest BCUT2D eigenvalue weighted by atomic mass is 9.76. The van der Waals surface area contributed by atoms with Crippen molar-refractivity contribution in [1.82, 2.24) is 10.1 Å². The average Bonchev–Trinajstić information content (AvgIpc) is 3.44. The fourth-order valence-corrected chi connectivity index (χ4v) is 8.00. The quantitative estimate of drug-likeness (QED) is 0.101. The van der Waals surface area contributed by atoms with Crippen LogP contribution in [0.5, 0.6) is 5.75 Å². The van der Waals surface area contributed by atoms with Gasteiger partial charge in [0.25, 0.3) is 5.91 Å². The van der Waals surface area contributed by atoms with Crippen molar-refractivity contribution in [3.05, 3.63) is 110 Å². The molecule has 0 spiro atoms. The van der Waals surface area contributed by atoms with Gasteiger partial charge in [0, 0.05) is 22.8 Å². The van der Waals surface area contributed by atoms with Gasteiger partial charge in [-0.05, 0) is 84.2 Å². The normalized spacial score (nSPS) is 15.5. The Labute approximate surface area is 354 Å². The smallest absolute Gasteiger partial charge is 0.412 e. The number of hydrogen-bond donors (Lipinski definition) is 3. The molecule has 1 atom stereocenters. The largest absolute Gasteiger partial charge is 0.493 e. The lowest BCUT2D eigenvalue weighted by molar-refractivity contribution is -0.122. The lowest BCUT2D eigenvalue weighted by Crippen LogP contribution is -2.37. The number of halogens is 4. The van der Waals surface area contributed by atoms with Gasteiger partial charge in [-0.3, -0.25) is 15.5 Å². The molecule has 0 aliphatic carbocycles. The number of anilines is 2.